The molecule has 0 aliphatic rings. The van der Waals surface area contributed by atoms with E-state index in [2.05, 4.69) is 30.5 Å². The molecule has 0 fully saturated rings. The molecule has 0 radical (unpaired) electrons. The average molecular weight is 420 g/mol. The molecule has 144 valence electrons. The van der Waals surface area contributed by atoms with Crippen molar-refractivity contribution < 1.29 is 19.8 Å². The van der Waals surface area contributed by atoms with Crippen LogP contribution in [0.3, 0.4) is 0 Å². The summed E-state index contributed by atoms with van der Waals surface area (Å²) >= 11 is 2.52. The Balaban J connectivity index is 0.000000161. The minimum Gasteiger partial charge on any atom is -0.476 e. The lowest BCUT2D eigenvalue weighted by atomic mass is 10.4. The summed E-state index contributed by atoms with van der Waals surface area (Å²) in [6.07, 6.45) is 6.04. The Labute approximate surface area is 164 Å². The number of aromatic carboxylic acids is 2. The summed E-state index contributed by atoms with van der Waals surface area (Å²) in [4.78, 5) is 30.7. The second kappa shape index (κ2) is 8.01. The van der Waals surface area contributed by atoms with Gasteiger partial charge in [-0.3, -0.25) is 0 Å². The van der Waals surface area contributed by atoms with Crippen LogP contribution in [0.25, 0.3) is 10.0 Å². The van der Waals surface area contributed by atoms with E-state index < -0.39 is 11.9 Å². The number of rotatable bonds is 4. The topological polar surface area (TPSA) is 162 Å². The first kappa shape index (κ1) is 19.2. The molecule has 0 spiro atoms. The molecule has 4 aromatic heterocycles. The molecular weight excluding hydrogens is 408 g/mol. The van der Waals surface area contributed by atoms with Crippen LogP contribution in [0, 0.1) is 13.8 Å². The van der Waals surface area contributed by atoms with Crippen molar-refractivity contribution in [3.05, 3.63) is 46.2 Å². The Kier molecular flexibility index (Phi) is 5.51. The van der Waals surface area contributed by atoms with E-state index in [1.54, 1.807) is 20.0 Å². The van der Waals surface area contributed by atoms with E-state index in [9.17, 15) is 9.59 Å². The number of carbonyl (C=O) groups is 2. The predicted molar refractivity (Wildman–Crippen MR) is 97.5 cm³/mol. The van der Waals surface area contributed by atoms with Crippen molar-refractivity contribution in [2.75, 3.05) is 0 Å². The van der Waals surface area contributed by atoms with Gasteiger partial charge in [-0.15, -0.1) is 9.90 Å². The van der Waals surface area contributed by atoms with E-state index in [1.165, 1.54) is 50.7 Å². The fourth-order valence-electron chi connectivity index (χ4n) is 2.04. The number of carboxylic acids is 2. The third-order valence-corrected chi connectivity index (χ3v) is 4.97. The summed E-state index contributed by atoms with van der Waals surface area (Å²) in [5.74, 6) is -2.12. The molecular formula is C14H12N8O4S2. The molecule has 0 amide bonds. The van der Waals surface area contributed by atoms with Gasteiger partial charge in [0.1, 0.15) is 0 Å². The Hall–Kier alpha value is -3.52. The second-order valence-corrected chi connectivity index (χ2v) is 7.41. The first-order chi connectivity index (χ1) is 13.4. The van der Waals surface area contributed by atoms with Gasteiger partial charge in [0, 0.05) is 0 Å². The summed E-state index contributed by atoms with van der Waals surface area (Å²) < 4.78 is 1.40. The summed E-state index contributed by atoms with van der Waals surface area (Å²) in [5, 5.41) is 35.0. The number of nitrogens with zero attached hydrogens (tertiary/aromatic N) is 8. The molecule has 4 heterocycles. The van der Waals surface area contributed by atoms with Crippen LogP contribution in [-0.2, 0) is 0 Å². The van der Waals surface area contributed by atoms with Gasteiger partial charge in [-0.25, -0.2) is 24.2 Å². The van der Waals surface area contributed by atoms with Crippen molar-refractivity contribution in [2.24, 2.45) is 0 Å². The fourth-order valence-corrected chi connectivity index (χ4v) is 3.70. The Morgan fingerprint density at radius 2 is 1.43 bits per heavy atom. The van der Waals surface area contributed by atoms with Gasteiger partial charge in [-0.05, 0) is 13.8 Å². The molecule has 0 aliphatic carbocycles. The molecule has 0 aliphatic heterocycles. The van der Waals surface area contributed by atoms with Crippen molar-refractivity contribution in [1.82, 2.24) is 40.0 Å². The van der Waals surface area contributed by atoms with E-state index in [0.29, 0.717) is 20.0 Å². The van der Waals surface area contributed by atoms with Crippen LogP contribution < -0.4 is 0 Å². The number of hydrogen-bond donors (Lipinski definition) is 2. The standard InChI is InChI=1S/2C7H6N4O2S/c1-4-9-5(7(12)13)6(14-4)11-3-2-8-10-11;1-4-10-5(7(12)13)6(14-4)11-8-2-3-9-11/h2*2-3H,1H3,(H,12,13). The van der Waals surface area contributed by atoms with Crippen molar-refractivity contribution in [1.29, 1.82) is 0 Å². The van der Waals surface area contributed by atoms with Gasteiger partial charge in [0.25, 0.3) is 0 Å². The highest BCUT2D eigenvalue weighted by atomic mass is 32.1. The minimum absolute atomic E-state index is 0.0105. The van der Waals surface area contributed by atoms with E-state index in [0.717, 1.165) is 0 Å². The lowest BCUT2D eigenvalue weighted by molar-refractivity contribution is 0.0680. The summed E-state index contributed by atoms with van der Waals surface area (Å²) in [5.41, 5.74) is 0.00157. The monoisotopic (exact) mass is 420 g/mol. The van der Waals surface area contributed by atoms with Gasteiger partial charge in [-0.1, -0.05) is 27.9 Å². The first-order valence-electron chi connectivity index (χ1n) is 7.51. The molecule has 28 heavy (non-hydrogen) atoms. The van der Waals surface area contributed by atoms with Crippen molar-refractivity contribution in [3.63, 3.8) is 0 Å². The number of carboxylic acid groups (broad SMARTS) is 2. The van der Waals surface area contributed by atoms with Crippen LogP contribution in [0.15, 0.2) is 24.8 Å². The SMILES string of the molecule is Cc1nc(C(=O)O)c(-n2ccnn2)s1.Cc1nc(C(=O)O)c(-n2nccn2)s1. The number of hydrogen-bond acceptors (Lipinski definition) is 10. The molecule has 0 aromatic carbocycles. The maximum atomic E-state index is 10.8. The molecule has 2 N–H and O–H groups in total. The molecule has 12 nitrogen and oxygen atoms in total. The van der Waals surface area contributed by atoms with E-state index in [-0.39, 0.29) is 11.4 Å². The van der Waals surface area contributed by atoms with Crippen LogP contribution in [0.5, 0.6) is 0 Å². The zero-order valence-electron chi connectivity index (χ0n) is 14.4. The lowest BCUT2D eigenvalue weighted by Gasteiger charge is -1.94. The zero-order chi connectivity index (χ0) is 20.3. The number of aryl methyl sites for hydroxylation is 2. The second-order valence-electron chi connectivity index (χ2n) is 5.05. The number of thiazole rings is 2. The van der Waals surface area contributed by atoms with Crippen LogP contribution in [0.4, 0.5) is 0 Å². The van der Waals surface area contributed by atoms with Crippen LogP contribution in [-0.4, -0.2) is 62.1 Å². The fraction of sp³-hybridized carbons (Fsp3) is 0.143. The van der Waals surface area contributed by atoms with Crippen LogP contribution in [0.1, 0.15) is 31.0 Å². The highest BCUT2D eigenvalue weighted by molar-refractivity contribution is 7.14. The third-order valence-electron chi connectivity index (χ3n) is 3.07. The zero-order valence-corrected chi connectivity index (χ0v) is 16.0. The molecule has 0 bridgehead atoms. The molecule has 14 heteroatoms. The molecule has 0 atom stereocenters. The van der Waals surface area contributed by atoms with Crippen LogP contribution in [0.2, 0.25) is 0 Å². The molecule has 0 saturated heterocycles. The molecule has 0 unspecified atom stereocenters. The van der Waals surface area contributed by atoms with Gasteiger partial charge in [0.2, 0.25) is 0 Å². The Morgan fingerprint density at radius 1 is 0.893 bits per heavy atom. The highest BCUT2D eigenvalue weighted by Crippen LogP contribution is 2.22. The van der Waals surface area contributed by atoms with Crippen molar-refractivity contribution in [2.45, 2.75) is 13.8 Å². The van der Waals surface area contributed by atoms with Gasteiger partial charge >= 0.3 is 11.9 Å². The van der Waals surface area contributed by atoms with Gasteiger partial charge in [-0.2, -0.15) is 10.2 Å². The summed E-state index contributed by atoms with van der Waals surface area (Å²) in [6.45, 7) is 3.49. The normalized spacial score (nSPS) is 10.4. The molecule has 0 saturated carbocycles. The Bertz CT molecular complexity index is 1010. The summed E-state index contributed by atoms with van der Waals surface area (Å²) in [6, 6.07) is 0. The van der Waals surface area contributed by atoms with E-state index in [4.69, 9.17) is 10.2 Å². The van der Waals surface area contributed by atoms with Crippen molar-refractivity contribution >= 4 is 34.6 Å². The average Bonchev–Trinajstić information content (AvgIpc) is 3.41. The van der Waals surface area contributed by atoms with Crippen LogP contribution >= 0.6 is 22.7 Å². The molecule has 4 rings (SSSR count). The maximum absolute atomic E-state index is 10.8. The lowest BCUT2D eigenvalue weighted by Crippen LogP contribution is -2.05. The maximum Gasteiger partial charge on any atom is 0.357 e. The third kappa shape index (κ3) is 4.07. The smallest absolute Gasteiger partial charge is 0.357 e. The highest BCUT2D eigenvalue weighted by Gasteiger charge is 2.18. The van der Waals surface area contributed by atoms with Crippen molar-refractivity contribution in [3.8, 4) is 10.0 Å². The first-order valence-corrected chi connectivity index (χ1v) is 9.15. The summed E-state index contributed by atoms with van der Waals surface area (Å²) in [7, 11) is 0. The largest absolute Gasteiger partial charge is 0.476 e. The quantitative estimate of drug-likeness (QED) is 0.494. The Morgan fingerprint density at radius 3 is 1.93 bits per heavy atom. The number of aromatic nitrogens is 8. The van der Waals surface area contributed by atoms with E-state index in [1.807, 2.05) is 0 Å². The van der Waals surface area contributed by atoms with Gasteiger partial charge in [0.15, 0.2) is 21.4 Å². The van der Waals surface area contributed by atoms with Gasteiger partial charge in [0.05, 0.1) is 34.8 Å². The minimum atomic E-state index is -1.07. The molecule has 4 aromatic rings. The van der Waals surface area contributed by atoms with E-state index >= 15 is 0 Å². The predicted octanol–water partition coefficient (Wildman–Crippen LogP) is 1.46. The van der Waals surface area contributed by atoms with Gasteiger partial charge < -0.3 is 10.2 Å².